The van der Waals surface area contributed by atoms with E-state index < -0.39 is 62.0 Å². The summed E-state index contributed by atoms with van der Waals surface area (Å²) >= 11 is -1.37. The van der Waals surface area contributed by atoms with E-state index in [2.05, 4.69) is 7.06 Å². The minimum absolute atomic E-state index is 0.0421. The first kappa shape index (κ1) is 22.3. The molecule has 0 bridgehead atoms. The molecule has 1 saturated carbocycles. The molecular weight excluding hydrogens is 509 g/mol. The normalized spacial score (nSPS) is 28.5. The van der Waals surface area contributed by atoms with Crippen LogP contribution in [0.1, 0.15) is 46.0 Å². The molecule has 2 aliphatic heterocycles. The van der Waals surface area contributed by atoms with Gasteiger partial charge in [-0.05, 0) is 0 Å². The van der Waals surface area contributed by atoms with Gasteiger partial charge in [-0.3, -0.25) is 0 Å². The Morgan fingerprint density at radius 3 is 2.07 bits per heavy atom. The van der Waals surface area contributed by atoms with Crippen molar-refractivity contribution in [1.82, 2.24) is 7.06 Å². The van der Waals surface area contributed by atoms with Gasteiger partial charge in [-0.2, -0.15) is 0 Å². The van der Waals surface area contributed by atoms with Gasteiger partial charge in [0.25, 0.3) is 0 Å². The zero-order valence-electron chi connectivity index (χ0n) is 15.3. The van der Waals surface area contributed by atoms with Crippen molar-refractivity contribution >= 4 is 26.3 Å². The molecule has 164 valence electrons. The first-order valence-electron chi connectivity index (χ1n) is 8.92. The number of aliphatic hydroxyl groups is 1. The fraction of sp³-hybridized carbons (Fsp3) is 0.938. The molecule has 0 aromatic rings. The molecule has 2 unspecified atom stereocenters. The van der Waals surface area contributed by atoms with E-state index in [9.17, 15) is 36.2 Å². The Balaban J connectivity index is 1.56. The van der Waals surface area contributed by atoms with Gasteiger partial charge >= 0.3 is 166 Å². The van der Waals surface area contributed by atoms with Gasteiger partial charge in [0.1, 0.15) is 0 Å². The number of halogens is 7. The molecule has 2 saturated heterocycles. The number of fused-ring (bicyclic) bond motifs is 1. The molecule has 12 heteroatoms. The predicted octanol–water partition coefficient (Wildman–Crippen LogP) is 3.80. The van der Waals surface area contributed by atoms with Crippen molar-refractivity contribution in [3.63, 3.8) is 0 Å². The average Bonchev–Trinajstić information content (AvgIpc) is 3.40. The summed E-state index contributed by atoms with van der Waals surface area (Å²) in [4.78, 5) is 12.4. The number of carbonyl (C=O) groups excluding carboxylic acids is 1. The second-order valence-corrected chi connectivity index (χ2v) is 12.6. The van der Waals surface area contributed by atoms with Crippen molar-refractivity contribution in [2.75, 3.05) is 6.61 Å². The Morgan fingerprint density at radius 2 is 1.61 bits per heavy atom. The summed E-state index contributed by atoms with van der Waals surface area (Å²) in [6.45, 7) is 3.45. The van der Waals surface area contributed by atoms with Gasteiger partial charge in [0.15, 0.2) is 0 Å². The van der Waals surface area contributed by atoms with Gasteiger partial charge < -0.3 is 0 Å². The first-order chi connectivity index (χ1) is 12.6. The Kier molecular flexibility index (Phi) is 5.46. The molecule has 3 aliphatic rings. The monoisotopic (exact) mass is 532 g/mol. The third kappa shape index (κ3) is 3.73. The van der Waals surface area contributed by atoms with Crippen LogP contribution in [-0.4, -0.2) is 39.3 Å². The van der Waals surface area contributed by atoms with Gasteiger partial charge in [0.05, 0.1) is 0 Å². The third-order valence-corrected chi connectivity index (χ3v) is 11.0. The molecule has 1 aliphatic carbocycles. The Labute approximate surface area is 166 Å². The molecule has 0 aromatic carbocycles. The second kappa shape index (κ2) is 6.84. The number of nitrogens with one attached hydrogen (secondary N) is 2. The van der Waals surface area contributed by atoms with Crippen molar-refractivity contribution in [2.24, 2.45) is 17.3 Å². The molecule has 0 spiro atoms. The minimum atomic E-state index is -5.80. The van der Waals surface area contributed by atoms with E-state index in [1.165, 1.54) is 0 Å². The van der Waals surface area contributed by atoms with Gasteiger partial charge in [0.2, 0.25) is 0 Å². The van der Waals surface area contributed by atoms with Crippen molar-refractivity contribution in [3.8, 4) is 0 Å². The van der Waals surface area contributed by atoms with Crippen LogP contribution in [0.2, 0.25) is 0 Å². The van der Waals surface area contributed by atoms with Crippen LogP contribution >= 0.6 is 20.4 Å². The molecule has 28 heavy (non-hydrogen) atoms. The molecule has 2 heterocycles. The molecule has 3 fully saturated rings. The number of alkyl halides is 7. The van der Waals surface area contributed by atoms with E-state index in [1.807, 2.05) is 0 Å². The van der Waals surface area contributed by atoms with Crippen LogP contribution in [-0.2, 0) is 9.53 Å². The zero-order valence-corrected chi connectivity index (χ0v) is 17.5. The number of esters is 1. The topological polar surface area (TPSA) is 90.4 Å². The van der Waals surface area contributed by atoms with Crippen LogP contribution in [0.4, 0.5) is 26.3 Å². The van der Waals surface area contributed by atoms with E-state index in [0.29, 0.717) is 12.8 Å². The standard InChI is InChI=1S/C16H23F6IN2O3/c1-12(2,16-23(24-16)25-16)11(26)28-8-10-5-3-4-9(6-10)7-13(27,14(17,18)19)15(20,21)22/h9-10,24-25,27H,3-8H2,1-2H3. The summed E-state index contributed by atoms with van der Waals surface area (Å²) in [7, 11) is 0. The summed E-state index contributed by atoms with van der Waals surface area (Å²) in [5.41, 5.74) is -5.49. The van der Waals surface area contributed by atoms with Gasteiger partial charge in [-0.1, -0.05) is 0 Å². The fourth-order valence-electron chi connectivity index (χ4n) is 3.76. The summed E-state index contributed by atoms with van der Waals surface area (Å²) in [5, 5.41) is 9.40. The molecule has 0 radical (unpaired) electrons. The number of ether oxygens (including phenoxy) is 1. The number of carbonyl (C=O) groups is 1. The maximum absolute atomic E-state index is 12.9. The first-order valence-corrected chi connectivity index (χ1v) is 12.2. The summed E-state index contributed by atoms with van der Waals surface area (Å²) in [6.07, 6.45) is -11.8. The molecular formula is C16H23F6IN2O3. The van der Waals surface area contributed by atoms with E-state index in [1.54, 1.807) is 13.8 Å². The Morgan fingerprint density at radius 1 is 1.11 bits per heavy atom. The van der Waals surface area contributed by atoms with Gasteiger partial charge in [-0.15, -0.1) is 0 Å². The van der Waals surface area contributed by atoms with Crippen LogP contribution < -0.4 is 7.06 Å². The third-order valence-electron chi connectivity index (χ3n) is 5.90. The molecule has 3 rings (SSSR count). The number of rotatable bonds is 6. The van der Waals surface area contributed by atoms with Crippen molar-refractivity contribution in [2.45, 2.75) is 67.6 Å². The number of hydrogen-bond donors (Lipinski definition) is 3. The SMILES string of the molecule is CC(C)(C(=O)OCC1CCCC(CC(O)(C(F)(F)F)C(F)(F)F)C1)C12NI1N2. The molecule has 0 aromatic heterocycles. The summed E-state index contributed by atoms with van der Waals surface area (Å²) in [5.74, 6) is -1.71. The molecule has 2 atom stereocenters. The van der Waals surface area contributed by atoms with Crippen molar-refractivity contribution in [1.29, 1.82) is 0 Å². The fourth-order valence-corrected chi connectivity index (χ4v) is 9.33. The molecule has 0 amide bonds. The quantitative estimate of drug-likeness (QED) is 0.0922. The predicted molar refractivity (Wildman–Crippen MR) is 94.9 cm³/mol. The van der Waals surface area contributed by atoms with Crippen LogP contribution in [0.25, 0.3) is 0 Å². The average molecular weight is 532 g/mol. The van der Waals surface area contributed by atoms with E-state index >= 15 is 0 Å². The molecule has 3 N–H and O–H groups in total. The van der Waals surface area contributed by atoms with Gasteiger partial charge in [0, 0.05) is 0 Å². The van der Waals surface area contributed by atoms with Crippen LogP contribution in [0.3, 0.4) is 0 Å². The van der Waals surface area contributed by atoms with Gasteiger partial charge in [-0.25, -0.2) is 0 Å². The van der Waals surface area contributed by atoms with Crippen LogP contribution in [0.15, 0.2) is 0 Å². The zero-order chi connectivity index (χ0) is 21.2. The van der Waals surface area contributed by atoms with E-state index in [-0.39, 0.29) is 29.0 Å². The van der Waals surface area contributed by atoms with Crippen molar-refractivity contribution < 1.29 is 41.0 Å². The van der Waals surface area contributed by atoms with Crippen molar-refractivity contribution in [3.05, 3.63) is 0 Å². The Hall–Kier alpha value is -0.340. The molecule has 5 nitrogen and oxygen atoms in total. The maximum atomic E-state index is 12.9. The number of hydrogen-bond acceptors (Lipinski definition) is 5. The Bertz CT molecular complexity index is 619. The van der Waals surface area contributed by atoms with Crippen LogP contribution in [0, 0.1) is 17.3 Å². The summed E-state index contributed by atoms with van der Waals surface area (Å²) < 4.78 is 89.0. The van der Waals surface area contributed by atoms with Crippen LogP contribution in [0.5, 0.6) is 0 Å². The summed E-state index contributed by atoms with van der Waals surface area (Å²) in [6, 6.07) is 0. The van der Waals surface area contributed by atoms with E-state index in [4.69, 9.17) is 4.74 Å². The second-order valence-electron chi connectivity index (χ2n) is 8.31. The van der Waals surface area contributed by atoms with E-state index in [0.717, 1.165) is 0 Å².